The number of hydrogen-bond acceptors (Lipinski definition) is 8. The fourth-order valence-corrected chi connectivity index (χ4v) is 4.27. The van der Waals surface area contributed by atoms with Crippen LogP contribution in [0.4, 0.5) is 5.82 Å². The highest BCUT2D eigenvalue weighted by Crippen LogP contribution is 2.43. The fraction of sp³-hybridized carbons (Fsp3) is 0.300. The molecule has 1 aliphatic rings. The van der Waals surface area contributed by atoms with Crippen molar-refractivity contribution in [2.45, 2.75) is 13.3 Å². The van der Waals surface area contributed by atoms with Crippen LogP contribution in [0, 0.1) is 17.2 Å². The first-order chi connectivity index (χ1) is 13.8. The Labute approximate surface area is 166 Å². The van der Waals surface area contributed by atoms with Gasteiger partial charge in [0.25, 0.3) is 0 Å². The molecule has 1 N–H and O–H groups in total. The molecule has 142 valence electrons. The van der Waals surface area contributed by atoms with Crippen molar-refractivity contribution in [1.82, 2.24) is 9.97 Å². The number of nitrogens with zero attached hydrogens (tertiary/aromatic N) is 4. The van der Waals surface area contributed by atoms with Crippen LogP contribution >= 0.6 is 11.3 Å². The summed E-state index contributed by atoms with van der Waals surface area (Å²) in [4.78, 5) is 9.48. The van der Waals surface area contributed by atoms with E-state index in [0.717, 1.165) is 33.9 Å². The molecule has 2 aromatic heterocycles. The van der Waals surface area contributed by atoms with Gasteiger partial charge in [-0.2, -0.15) is 10.4 Å². The Balaban J connectivity index is 1.74. The normalized spacial score (nSPS) is 16.5. The van der Waals surface area contributed by atoms with Crippen molar-refractivity contribution in [2.75, 3.05) is 25.2 Å². The first-order valence-electron chi connectivity index (χ1n) is 9.08. The molecule has 0 saturated carbocycles. The summed E-state index contributed by atoms with van der Waals surface area (Å²) in [6, 6.07) is 10.0. The van der Waals surface area contributed by atoms with Gasteiger partial charge in [-0.25, -0.2) is 9.97 Å². The second-order valence-electron chi connectivity index (χ2n) is 6.26. The van der Waals surface area contributed by atoms with Gasteiger partial charge < -0.3 is 9.47 Å². The number of thiophene rings is 1. The molecule has 0 aliphatic carbocycles. The third kappa shape index (κ3) is 3.54. The molecule has 1 unspecified atom stereocenters. The number of rotatable bonds is 6. The number of hydrogen-bond donors (Lipinski definition) is 1. The molecular formula is C20H19N5O2S. The lowest BCUT2D eigenvalue weighted by molar-refractivity contribution is 0.193. The van der Waals surface area contributed by atoms with Crippen LogP contribution in [-0.4, -0.2) is 36.0 Å². The van der Waals surface area contributed by atoms with Gasteiger partial charge in [0.05, 0.1) is 28.4 Å². The predicted octanol–water partition coefficient (Wildman–Crippen LogP) is 4.06. The summed E-state index contributed by atoms with van der Waals surface area (Å²) in [5.41, 5.74) is 5.01. The summed E-state index contributed by atoms with van der Waals surface area (Å²) in [6.07, 6.45) is 4.27. The van der Waals surface area contributed by atoms with E-state index in [4.69, 9.17) is 9.47 Å². The van der Waals surface area contributed by atoms with E-state index in [0.29, 0.717) is 36.0 Å². The molecule has 1 atom stereocenters. The lowest BCUT2D eigenvalue weighted by atomic mass is 10.1. The molecule has 4 rings (SSSR count). The van der Waals surface area contributed by atoms with E-state index in [9.17, 15) is 5.26 Å². The summed E-state index contributed by atoms with van der Waals surface area (Å²) < 4.78 is 11.9. The highest BCUT2D eigenvalue weighted by Gasteiger charge is 2.20. The smallest absolute Gasteiger partial charge is 0.167 e. The third-order valence-electron chi connectivity index (χ3n) is 4.44. The SMILES string of the molecule is CCOc1ccccc1-c1sc2c(NN=CC3CCOC3)ncnc2c1C#N. The highest BCUT2D eigenvalue weighted by molar-refractivity contribution is 7.23. The minimum absolute atomic E-state index is 0.316. The van der Waals surface area contributed by atoms with Gasteiger partial charge >= 0.3 is 0 Å². The maximum absolute atomic E-state index is 9.79. The quantitative estimate of drug-likeness (QED) is 0.501. The Hall–Kier alpha value is -3.02. The lowest BCUT2D eigenvalue weighted by Crippen LogP contribution is -2.03. The summed E-state index contributed by atoms with van der Waals surface area (Å²) in [5, 5.41) is 14.1. The van der Waals surface area contributed by atoms with E-state index in [1.54, 1.807) is 0 Å². The molecule has 0 bridgehead atoms. The molecule has 1 aliphatic heterocycles. The zero-order chi connectivity index (χ0) is 19.3. The summed E-state index contributed by atoms with van der Waals surface area (Å²) in [6.45, 7) is 3.96. The molecule has 0 spiro atoms. The number of aromatic nitrogens is 2. The Morgan fingerprint density at radius 2 is 2.32 bits per heavy atom. The van der Waals surface area contributed by atoms with Crippen LogP contribution in [0.2, 0.25) is 0 Å². The second kappa shape index (κ2) is 8.33. The van der Waals surface area contributed by atoms with Crippen molar-refractivity contribution >= 4 is 33.6 Å². The van der Waals surface area contributed by atoms with E-state index in [2.05, 4.69) is 26.6 Å². The second-order valence-corrected chi connectivity index (χ2v) is 7.28. The van der Waals surface area contributed by atoms with Gasteiger partial charge in [0.1, 0.15) is 23.7 Å². The number of ether oxygens (including phenoxy) is 2. The molecule has 0 radical (unpaired) electrons. The van der Waals surface area contributed by atoms with Crippen LogP contribution < -0.4 is 10.2 Å². The van der Waals surface area contributed by atoms with Gasteiger partial charge in [0, 0.05) is 24.3 Å². The molecule has 0 amide bonds. The lowest BCUT2D eigenvalue weighted by Gasteiger charge is -2.08. The molecule has 8 heteroatoms. The number of fused-ring (bicyclic) bond motifs is 1. The Bertz CT molecular complexity index is 1050. The zero-order valence-corrected chi connectivity index (χ0v) is 16.2. The van der Waals surface area contributed by atoms with E-state index >= 15 is 0 Å². The summed E-state index contributed by atoms with van der Waals surface area (Å²) in [7, 11) is 0. The van der Waals surface area contributed by atoms with E-state index in [1.165, 1.54) is 17.7 Å². The van der Waals surface area contributed by atoms with E-state index in [-0.39, 0.29) is 0 Å². The number of hydrazone groups is 1. The molecule has 3 aromatic rings. The largest absolute Gasteiger partial charge is 0.493 e. The van der Waals surface area contributed by atoms with Crippen LogP contribution in [0.15, 0.2) is 35.7 Å². The van der Waals surface area contributed by atoms with Crippen LogP contribution in [0.1, 0.15) is 18.9 Å². The van der Waals surface area contributed by atoms with Crippen LogP contribution in [0.3, 0.4) is 0 Å². The third-order valence-corrected chi connectivity index (χ3v) is 5.65. The van der Waals surface area contributed by atoms with E-state index in [1.807, 2.05) is 37.4 Å². The molecule has 7 nitrogen and oxygen atoms in total. The van der Waals surface area contributed by atoms with Crippen molar-refractivity contribution in [3.05, 3.63) is 36.2 Å². The monoisotopic (exact) mass is 393 g/mol. The van der Waals surface area contributed by atoms with Crippen LogP contribution in [0.25, 0.3) is 20.7 Å². The molecule has 1 aromatic carbocycles. The van der Waals surface area contributed by atoms with E-state index < -0.39 is 0 Å². The Morgan fingerprint density at radius 3 is 3.11 bits per heavy atom. The molecule has 3 heterocycles. The Kier molecular flexibility index (Phi) is 5.46. The van der Waals surface area contributed by atoms with Crippen molar-refractivity contribution < 1.29 is 9.47 Å². The van der Waals surface area contributed by atoms with Gasteiger partial charge in [0.15, 0.2) is 5.82 Å². The van der Waals surface area contributed by atoms with Crippen molar-refractivity contribution in [2.24, 2.45) is 11.0 Å². The predicted molar refractivity (Wildman–Crippen MR) is 110 cm³/mol. The number of anilines is 1. The first kappa shape index (κ1) is 18.3. The molecule has 28 heavy (non-hydrogen) atoms. The minimum atomic E-state index is 0.316. The Morgan fingerprint density at radius 1 is 1.43 bits per heavy atom. The average Bonchev–Trinajstić information content (AvgIpc) is 3.36. The summed E-state index contributed by atoms with van der Waals surface area (Å²) in [5.74, 6) is 1.65. The standard InChI is InChI=1S/C20H19N5O2S/c1-2-27-16-6-4-3-5-14(16)18-15(9-21)17-19(28-18)20(23-12-22-17)25-24-10-13-7-8-26-11-13/h3-6,10,12-13H,2,7-8,11H2,1H3,(H,22,23,25). The first-order valence-corrected chi connectivity index (χ1v) is 9.90. The van der Waals surface area contributed by atoms with Crippen molar-refractivity contribution in [1.29, 1.82) is 5.26 Å². The van der Waals surface area contributed by atoms with Crippen molar-refractivity contribution in [3.63, 3.8) is 0 Å². The van der Waals surface area contributed by atoms with Gasteiger partial charge in [-0.15, -0.1) is 11.3 Å². The number of para-hydroxylation sites is 1. The molecule has 1 saturated heterocycles. The van der Waals surface area contributed by atoms with Gasteiger partial charge in [-0.1, -0.05) is 12.1 Å². The number of nitrogens with one attached hydrogen (secondary N) is 1. The average molecular weight is 393 g/mol. The van der Waals surface area contributed by atoms with Gasteiger partial charge in [0.2, 0.25) is 0 Å². The number of nitriles is 1. The molecular weight excluding hydrogens is 374 g/mol. The number of benzene rings is 1. The van der Waals surface area contributed by atoms with Gasteiger partial charge in [-0.3, -0.25) is 5.43 Å². The molecule has 1 fully saturated rings. The maximum atomic E-state index is 9.79. The topological polar surface area (TPSA) is 92.4 Å². The van der Waals surface area contributed by atoms with Crippen LogP contribution in [-0.2, 0) is 4.74 Å². The minimum Gasteiger partial charge on any atom is -0.493 e. The maximum Gasteiger partial charge on any atom is 0.167 e. The zero-order valence-electron chi connectivity index (χ0n) is 15.4. The van der Waals surface area contributed by atoms with Crippen LogP contribution in [0.5, 0.6) is 5.75 Å². The fourth-order valence-electron chi connectivity index (χ4n) is 3.09. The van der Waals surface area contributed by atoms with Crippen molar-refractivity contribution in [3.8, 4) is 22.3 Å². The summed E-state index contributed by atoms with van der Waals surface area (Å²) >= 11 is 1.46. The van der Waals surface area contributed by atoms with Gasteiger partial charge in [-0.05, 0) is 25.5 Å². The highest BCUT2D eigenvalue weighted by atomic mass is 32.1.